The third-order valence-corrected chi connectivity index (χ3v) is 6.05. The Morgan fingerprint density at radius 1 is 1.00 bits per heavy atom. The Morgan fingerprint density at radius 3 is 2.40 bits per heavy atom. The topological polar surface area (TPSA) is 12.0 Å². The predicted octanol–water partition coefficient (Wildman–Crippen LogP) is 5.41. The number of hydrogen-bond acceptors (Lipinski definition) is 3. The van der Waals surface area contributed by atoms with Gasteiger partial charge in [-0.2, -0.15) is 0 Å². The summed E-state index contributed by atoms with van der Waals surface area (Å²) in [7, 11) is 0. The molecule has 1 nitrogen and oxygen atoms in total. The van der Waals surface area contributed by atoms with Gasteiger partial charge in [-0.3, -0.25) is 0 Å². The molecule has 1 saturated carbocycles. The van der Waals surface area contributed by atoms with Crippen LogP contribution in [0, 0.1) is 0 Å². The third kappa shape index (κ3) is 3.94. The molecule has 1 aliphatic rings. The molecule has 108 valence electrons. The Morgan fingerprint density at radius 2 is 1.75 bits per heavy atom. The van der Waals surface area contributed by atoms with E-state index in [9.17, 15) is 0 Å². The van der Waals surface area contributed by atoms with E-state index < -0.39 is 0 Å². The van der Waals surface area contributed by atoms with Crippen molar-refractivity contribution in [2.75, 3.05) is 0 Å². The second-order valence-electron chi connectivity index (χ2n) is 5.71. The Hall–Kier alpha value is -0.640. The lowest BCUT2D eigenvalue weighted by Crippen LogP contribution is -2.33. The lowest BCUT2D eigenvalue weighted by atomic mass is 10.0. The van der Waals surface area contributed by atoms with Crippen molar-refractivity contribution in [3.8, 4) is 0 Å². The zero-order chi connectivity index (χ0) is 13.6. The average molecular weight is 306 g/mol. The minimum absolute atomic E-state index is 0.497. The number of hydrogen-bond donors (Lipinski definition) is 1. The van der Waals surface area contributed by atoms with Crippen molar-refractivity contribution < 1.29 is 0 Å². The van der Waals surface area contributed by atoms with Gasteiger partial charge in [0.05, 0.1) is 0 Å². The normalized spacial score (nSPS) is 18.8. The first-order valence-corrected chi connectivity index (χ1v) is 9.49. The summed E-state index contributed by atoms with van der Waals surface area (Å²) in [4.78, 5) is 2.98. The van der Waals surface area contributed by atoms with E-state index in [4.69, 9.17) is 0 Å². The van der Waals surface area contributed by atoms with Crippen LogP contribution in [0.5, 0.6) is 0 Å². The fourth-order valence-electron chi connectivity index (χ4n) is 3.09. The molecule has 0 aromatic carbocycles. The quantitative estimate of drug-likeness (QED) is 0.729. The van der Waals surface area contributed by atoms with Gasteiger partial charge < -0.3 is 5.32 Å². The van der Waals surface area contributed by atoms with Gasteiger partial charge in [-0.25, -0.2) is 0 Å². The lowest BCUT2D eigenvalue weighted by Gasteiger charge is -2.24. The molecule has 2 aromatic rings. The largest absolute Gasteiger partial charge is 0.306 e. The van der Waals surface area contributed by atoms with Crippen molar-refractivity contribution in [2.24, 2.45) is 0 Å². The summed E-state index contributed by atoms with van der Waals surface area (Å²) >= 11 is 3.77. The summed E-state index contributed by atoms with van der Waals surface area (Å²) in [5.74, 6) is 0. The van der Waals surface area contributed by atoms with E-state index in [1.807, 2.05) is 22.7 Å². The standard InChI is InChI=1S/C17H23NS2/c1-2-4-8-14(7-3-1)18-16(17-10-6-12-20-17)13-15-9-5-11-19-15/h5-6,9-12,14,16,18H,1-4,7-8,13H2. The van der Waals surface area contributed by atoms with Gasteiger partial charge in [0.25, 0.3) is 0 Å². The van der Waals surface area contributed by atoms with Crippen LogP contribution >= 0.6 is 22.7 Å². The summed E-state index contributed by atoms with van der Waals surface area (Å²) in [5, 5.41) is 8.34. The van der Waals surface area contributed by atoms with Gasteiger partial charge >= 0.3 is 0 Å². The highest BCUT2D eigenvalue weighted by atomic mass is 32.1. The second-order valence-corrected chi connectivity index (χ2v) is 7.72. The van der Waals surface area contributed by atoms with E-state index >= 15 is 0 Å². The van der Waals surface area contributed by atoms with Crippen molar-refractivity contribution in [3.05, 3.63) is 44.8 Å². The van der Waals surface area contributed by atoms with Crippen LogP contribution in [0.4, 0.5) is 0 Å². The molecule has 0 aliphatic heterocycles. The van der Waals surface area contributed by atoms with Crippen LogP contribution in [0.25, 0.3) is 0 Å². The maximum atomic E-state index is 3.95. The minimum atomic E-state index is 0.497. The van der Waals surface area contributed by atoms with Gasteiger partial charge in [0.1, 0.15) is 0 Å². The van der Waals surface area contributed by atoms with Crippen LogP contribution in [0.2, 0.25) is 0 Å². The van der Waals surface area contributed by atoms with Crippen molar-refractivity contribution in [2.45, 2.75) is 57.0 Å². The Kier molecular flexibility index (Phi) is 5.29. The molecule has 0 saturated heterocycles. The van der Waals surface area contributed by atoms with Gasteiger partial charge in [-0.05, 0) is 35.7 Å². The predicted molar refractivity (Wildman–Crippen MR) is 89.7 cm³/mol. The fraction of sp³-hybridized carbons (Fsp3) is 0.529. The molecule has 20 heavy (non-hydrogen) atoms. The minimum Gasteiger partial charge on any atom is -0.306 e. The molecule has 3 heteroatoms. The maximum Gasteiger partial charge on any atom is 0.0465 e. The number of rotatable bonds is 5. The molecule has 1 N–H and O–H groups in total. The van der Waals surface area contributed by atoms with Gasteiger partial charge in [0.2, 0.25) is 0 Å². The molecule has 0 bridgehead atoms. The molecule has 1 unspecified atom stereocenters. The molecule has 2 aromatic heterocycles. The van der Waals surface area contributed by atoms with E-state index in [2.05, 4.69) is 40.3 Å². The molecule has 3 rings (SSSR count). The Balaban J connectivity index is 1.68. The lowest BCUT2D eigenvalue weighted by molar-refractivity contribution is 0.401. The zero-order valence-corrected chi connectivity index (χ0v) is 13.5. The monoisotopic (exact) mass is 305 g/mol. The van der Waals surface area contributed by atoms with Crippen LogP contribution in [0.15, 0.2) is 35.0 Å². The highest BCUT2D eigenvalue weighted by Gasteiger charge is 2.19. The zero-order valence-electron chi connectivity index (χ0n) is 11.9. The van der Waals surface area contributed by atoms with Gasteiger partial charge in [-0.15, -0.1) is 22.7 Å². The van der Waals surface area contributed by atoms with E-state index in [0.29, 0.717) is 12.1 Å². The third-order valence-electron chi connectivity index (χ3n) is 4.16. The van der Waals surface area contributed by atoms with Gasteiger partial charge in [-0.1, -0.05) is 37.8 Å². The summed E-state index contributed by atoms with van der Waals surface area (Å²) in [6.45, 7) is 0. The molecule has 0 amide bonds. The van der Waals surface area contributed by atoms with Crippen LogP contribution in [-0.4, -0.2) is 6.04 Å². The first-order chi connectivity index (χ1) is 9.92. The average Bonchev–Trinajstić information content (AvgIpc) is 3.09. The van der Waals surface area contributed by atoms with Crippen LogP contribution in [0.1, 0.15) is 54.3 Å². The Bertz CT molecular complexity index is 467. The molecule has 2 heterocycles. The summed E-state index contributed by atoms with van der Waals surface area (Å²) in [6.07, 6.45) is 9.48. The van der Waals surface area contributed by atoms with Gasteiger partial charge in [0, 0.05) is 28.3 Å². The summed E-state index contributed by atoms with van der Waals surface area (Å²) in [5.41, 5.74) is 0. The number of nitrogens with one attached hydrogen (secondary N) is 1. The van der Waals surface area contributed by atoms with Crippen LogP contribution in [0.3, 0.4) is 0 Å². The smallest absolute Gasteiger partial charge is 0.0465 e. The summed E-state index contributed by atoms with van der Waals surface area (Å²) in [6, 6.07) is 10.1. The van der Waals surface area contributed by atoms with Gasteiger partial charge in [0.15, 0.2) is 0 Å². The van der Waals surface area contributed by atoms with E-state index in [-0.39, 0.29) is 0 Å². The first kappa shape index (κ1) is 14.3. The molecule has 1 atom stereocenters. The molecule has 0 spiro atoms. The second kappa shape index (κ2) is 7.39. The van der Waals surface area contributed by atoms with Crippen molar-refractivity contribution >= 4 is 22.7 Å². The molecule has 0 radical (unpaired) electrons. The van der Waals surface area contributed by atoms with E-state index in [1.54, 1.807) is 0 Å². The van der Waals surface area contributed by atoms with Crippen molar-refractivity contribution in [1.29, 1.82) is 0 Å². The molecular formula is C17H23NS2. The maximum absolute atomic E-state index is 3.95. The highest BCUT2D eigenvalue weighted by molar-refractivity contribution is 7.10. The van der Waals surface area contributed by atoms with E-state index in [1.165, 1.54) is 48.3 Å². The van der Waals surface area contributed by atoms with E-state index in [0.717, 1.165) is 6.42 Å². The van der Waals surface area contributed by atoms with Crippen LogP contribution < -0.4 is 5.32 Å². The van der Waals surface area contributed by atoms with Crippen molar-refractivity contribution in [3.63, 3.8) is 0 Å². The first-order valence-electron chi connectivity index (χ1n) is 7.73. The SMILES string of the molecule is c1csc(CC(NC2CCCCCC2)c2cccs2)c1. The Labute approximate surface area is 130 Å². The number of thiophene rings is 2. The van der Waals surface area contributed by atoms with Crippen molar-refractivity contribution in [1.82, 2.24) is 5.32 Å². The fourth-order valence-corrected chi connectivity index (χ4v) is 4.63. The van der Waals surface area contributed by atoms with Crippen LogP contribution in [-0.2, 0) is 6.42 Å². The molecule has 1 aliphatic carbocycles. The molecular weight excluding hydrogens is 282 g/mol. The highest BCUT2D eigenvalue weighted by Crippen LogP contribution is 2.27. The summed E-state index contributed by atoms with van der Waals surface area (Å²) < 4.78 is 0. The molecule has 1 fully saturated rings.